The molecule has 2 nitrogen and oxygen atoms in total. The monoisotopic (exact) mass is 250 g/mol. The SMILES string of the molecule is Cc1cc(N)c(Cl)cc1NCC1(C2CC2)CC1. The van der Waals surface area contributed by atoms with E-state index < -0.39 is 0 Å². The van der Waals surface area contributed by atoms with Crippen molar-refractivity contribution in [3.63, 3.8) is 0 Å². The summed E-state index contributed by atoms with van der Waals surface area (Å²) in [4.78, 5) is 0. The Kier molecular flexibility index (Phi) is 2.51. The third-order valence-electron chi connectivity index (χ3n) is 4.31. The van der Waals surface area contributed by atoms with Crippen LogP contribution in [-0.2, 0) is 0 Å². The fraction of sp³-hybridized carbons (Fsp3) is 0.571. The van der Waals surface area contributed by atoms with Gasteiger partial charge in [-0.2, -0.15) is 0 Å². The molecular formula is C14H19ClN2. The zero-order valence-electron chi connectivity index (χ0n) is 10.2. The lowest BCUT2D eigenvalue weighted by atomic mass is 10.0. The second-order valence-electron chi connectivity index (χ2n) is 5.68. The Morgan fingerprint density at radius 3 is 2.71 bits per heavy atom. The first-order chi connectivity index (χ1) is 8.11. The van der Waals surface area contributed by atoms with Gasteiger partial charge in [0.05, 0.1) is 10.7 Å². The Hall–Kier alpha value is -0.890. The Balaban J connectivity index is 1.70. The Morgan fingerprint density at radius 1 is 1.41 bits per heavy atom. The summed E-state index contributed by atoms with van der Waals surface area (Å²) in [5.41, 5.74) is 9.37. The van der Waals surface area contributed by atoms with Gasteiger partial charge in [0.2, 0.25) is 0 Å². The summed E-state index contributed by atoms with van der Waals surface area (Å²) in [5, 5.41) is 4.21. The number of rotatable bonds is 4. The average molecular weight is 251 g/mol. The van der Waals surface area contributed by atoms with Crippen LogP contribution in [-0.4, -0.2) is 6.54 Å². The van der Waals surface area contributed by atoms with Gasteiger partial charge in [0.1, 0.15) is 0 Å². The predicted molar refractivity (Wildman–Crippen MR) is 73.5 cm³/mol. The van der Waals surface area contributed by atoms with Crippen LogP contribution >= 0.6 is 11.6 Å². The van der Waals surface area contributed by atoms with Crippen LogP contribution in [0.3, 0.4) is 0 Å². The number of benzene rings is 1. The van der Waals surface area contributed by atoms with Gasteiger partial charge in [-0.05, 0) is 61.6 Å². The first-order valence-electron chi connectivity index (χ1n) is 6.40. The van der Waals surface area contributed by atoms with Gasteiger partial charge in [0.25, 0.3) is 0 Å². The van der Waals surface area contributed by atoms with E-state index in [2.05, 4.69) is 12.2 Å². The number of halogens is 1. The molecule has 1 aromatic rings. The Morgan fingerprint density at radius 2 is 2.12 bits per heavy atom. The van der Waals surface area contributed by atoms with Gasteiger partial charge in [0, 0.05) is 12.2 Å². The number of hydrogen-bond acceptors (Lipinski definition) is 2. The van der Waals surface area contributed by atoms with Crippen LogP contribution in [0.2, 0.25) is 5.02 Å². The quantitative estimate of drug-likeness (QED) is 0.797. The molecule has 1 aromatic carbocycles. The topological polar surface area (TPSA) is 38.0 Å². The van der Waals surface area contributed by atoms with Crippen molar-refractivity contribution < 1.29 is 0 Å². The van der Waals surface area contributed by atoms with Crippen molar-refractivity contribution in [3.05, 3.63) is 22.7 Å². The van der Waals surface area contributed by atoms with E-state index in [1.807, 2.05) is 12.1 Å². The van der Waals surface area contributed by atoms with E-state index in [9.17, 15) is 0 Å². The zero-order valence-corrected chi connectivity index (χ0v) is 11.0. The highest BCUT2D eigenvalue weighted by Crippen LogP contribution is 2.61. The van der Waals surface area contributed by atoms with Crippen LogP contribution in [0, 0.1) is 18.3 Å². The largest absolute Gasteiger partial charge is 0.398 e. The van der Waals surface area contributed by atoms with Crippen molar-refractivity contribution in [1.82, 2.24) is 0 Å². The number of aryl methyl sites for hydroxylation is 1. The molecule has 2 saturated carbocycles. The predicted octanol–water partition coefficient (Wildman–Crippen LogP) is 3.83. The molecule has 2 aliphatic carbocycles. The molecule has 0 aliphatic heterocycles. The summed E-state index contributed by atoms with van der Waals surface area (Å²) < 4.78 is 0. The molecule has 0 amide bonds. The summed E-state index contributed by atoms with van der Waals surface area (Å²) in [6, 6.07) is 3.90. The third kappa shape index (κ3) is 2.11. The van der Waals surface area contributed by atoms with E-state index in [0.29, 0.717) is 16.1 Å². The van der Waals surface area contributed by atoms with E-state index in [1.165, 1.54) is 31.2 Å². The van der Waals surface area contributed by atoms with Crippen molar-refractivity contribution in [3.8, 4) is 0 Å². The second kappa shape index (κ2) is 3.81. The van der Waals surface area contributed by atoms with Gasteiger partial charge < -0.3 is 11.1 Å². The molecule has 0 saturated heterocycles. The first kappa shape index (κ1) is 11.2. The van der Waals surface area contributed by atoms with Crippen molar-refractivity contribution in [2.24, 2.45) is 11.3 Å². The summed E-state index contributed by atoms with van der Waals surface area (Å²) in [7, 11) is 0. The minimum absolute atomic E-state index is 0.611. The lowest BCUT2D eigenvalue weighted by Crippen LogP contribution is -2.17. The van der Waals surface area contributed by atoms with Crippen molar-refractivity contribution in [1.29, 1.82) is 0 Å². The highest BCUT2D eigenvalue weighted by molar-refractivity contribution is 6.33. The molecule has 0 aromatic heterocycles. The Bertz CT molecular complexity index is 448. The molecule has 0 heterocycles. The maximum atomic E-state index is 6.06. The third-order valence-corrected chi connectivity index (χ3v) is 4.64. The molecule has 92 valence electrons. The van der Waals surface area contributed by atoms with Crippen LogP contribution in [0.15, 0.2) is 12.1 Å². The van der Waals surface area contributed by atoms with Gasteiger partial charge in [-0.1, -0.05) is 11.6 Å². The molecule has 17 heavy (non-hydrogen) atoms. The highest BCUT2D eigenvalue weighted by Gasteiger charge is 2.53. The van der Waals surface area contributed by atoms with Gasteiger partial charge in [-0.25, -0.2) is 0 Å². The van der Waals surface area contributed by atoms with Crippen molar-refractivity contribution >= 4 is 23.0 Å². The van der Waals surface area contributed by atoms with Crippen LogP contribution < -0.4 is 11.1 Å². The van der Waals surface area contributed by atoms with Crippen LogP contribution in [0.4, 0.5) is 11.4 Å². The first-order valence-corrected chi connectivity index (χ1v) is 6.78. The number of anilines is 2. The van der Waals surface area contributed by atoms with E-state index in [4.69, 9.17) is 17.3 Å². The van der Waals surface area contributed by atoms with Crippen LogP contribution in [0.25, 0.3) is 0 Å². The molecule has 3 heteroatoms. The van der Waals surface area contributed by atoms with Gasteiger partial charge >= 0.3 is 0 Å². The fourth-order valence-corrected chi connectivity index (χ4v) is 2.91. The smallest absolute Gasteiger partial charge is 0.0656 e. The normalized spacial score (nSPS) is 21.3. The summed E-state index contributed by atoms with van der Waals surface area (Å²) in [6.45, 7) is 3.17. The van der Waals surface area contributed by atoms with Gasteiger partial charge in [-0.3, -0.25) is 0 Å². The summed E-state index contributed by atoms with van der Waals surface area (Å²) in [6.07, 6.45) is 5.66. The molecule has 0 bridgehead atoms. The lowest BCUT2D eigenvalue weighted by molar-refractivity contribution is 0.467. The fourth-order valence-electron chi connectivity index (χ4n) is 2.75. The standard InChI is InChI=1S/C14H19ClN2/c1-9-6-12(16)11(15)7-13(9)17-8-14(4-5-14)10-2-3-10/h6-7,10,17H,2-5,8,16H2,1H3. The molecule has 3 rings (SSSR count). The summed E-state index contributed by atoms with van der Waals surface area (Å²) in [5.74, 6) is 0.986. The van der Waals surface area contributed by atoms with E-state index in [1.54, 1.807) is 0 Å². The zero-order chi connectivity index (χ0) is 12.0. The maximum Gasteiger partial charge on any atom is 0.0656 e. The van der Waals surface area contributed by atoms with E-state index in [0.717, 1.165) is 18.2 Å². The van der Waals surface area contributed by atoms with Gasteiger partial charge in [0.15, 0.2) is 0 Å². The van der Waals surface area contributed by atoms with Crippen molar-refractivity contribution in [2.75, 3.05) is 17.6 Å². The van der Waals surface area contributed by atoms with Crippen molar-refractivity contribution in [2.45, 2.75) is 32.6 Å². The molecule has 0 atom stereocenters. The number of nitrogens with two attached hydrogens (primary N) is 1. The molecule has 0 spiro atoms. The minimum atomic E-state index is 0.611. The number of nitrogens with one attached hydrogen (secondary N) is 1. The maximum absolute atomic E-state index is 6.06. The lowest BCUT2D eigenvalue weighted by Gasteiger charge is -2.18. The van der Waals surface area contributed by atoms with Crippen LogP contribution in [0.1, 0.15) is 31.2 Å². The number of hydrogen-bond donors (Lipinski definition) is 2. The number of nitrogen functional groups attached to an aromatic ring is 1. The molecule has 0 radical (unpaired) electrons. The average Bonchev–Trinajstić information content (AvgIpc) is 3.14. The highest BCUT2D eigenvalue weighted by atomic mass is 35.5. The second-order valence-corrected chi connectivity index (χ2v) is 6.09. The summed E-state index contributed by atoms with van der Waals surface area (Å²) >= 11 is 6.06. The Labute approximate surface area is 108 Å². The van der Waals surface area contributed by atoms with E-state index in [-0.39, 0.29) is 0 Å². The van der Waals surface area contributed by atoms with Gasteiger partial charge in [-0.15, -0.1) is 0 Å². The minimum Gasteiger partial charge on any atom is -0.398 e. The molecular weight excluding hydrogens is 232 g/mol. The molecule has 0 unspecified atom stereocenters. The van der Waals surface area contributed by atoms with Crippen LogP contribution in [0.5, 0.6) is 0 Å². The van der Waals surface area contributed by atoms with E-state index >= 15 is 0 Å². The molecule has 2 fully saturated rings. The molecule has 2 aliphatic rings. The molecule has 3 N–H and O–H groups in total.